The highest BCUT2D eigenvalue weighted by atomic mass is 16.5. The van der Waals surface area contributed by atoms with Gasteiger partial charge in [-0.25, -0.2) is 0 Å². The Bertz CT molecular complexity index is 377. The molecule has 0 amide bonds. The van der Waals surface area contributed by atoms with Gasteiger partial charge in [0.05, 0.1) is 12.7 Å². The lowest BCUT2D eigenvalue weighted by Gasteiger charge is -2.09. The Hall–Kier alpha value is -1.75. The third-order valence-corrected chi connectivity index (χ3v) is 2.23. The van der Waals surface area contributed by atoms with Crippen LogP contribution >= 0.6 is 0 Å². The lowest BCUT2D eigenvalue weighted by molar-refractivity contribution is 0.318. The Labute approximate surface area is 94.9 Å². The van der Waals surface area contributed by atoms with Crippen LogP contribution in [0.1, 0.15) is 18.1 Å². The topological polar surface area (TPSA) is 79.9 Å². The summed E-state index contributed by atoms with van der Waals surface area (Å²) in [5.41, 5.74) is 7.20. The lowest BCUT2D eigenvalue weighted by atomic mass is 10.1. The number of methoxy groups -OCH3 is 1. The predicted molar refractivity (Wildman–Crippen MR) is 62.9 cm³/mol. The molecule has 0 aromatic heterocycles. The second-order valence-corrected chi connectivity index (χ2v) is 3.30. The monoisotopic (exact) mass is 223 g/mol. The molecule has 0 heterocycles. The zero-order valence-corrected chi connectivity index (χ0v) is 9.53. The van der Waals surface area contributed by atoms with E-state index >= 15 is 0 Å². The number of nitrogens with two attached hydrogens (primary N) is 1. The summed E-state index contributed by atoms with van der Waals surface area (Å²) in [5, 5.41) is 14.8. The number of hydrogen-bond donors (Lipinski definition) is 3. The SMILES string of the molecule is CCNCc1ccc(/C(N)=N/O)c(OC)c1. The van der Waals surface area contributed by atoms with Crippen molar-refractivity contribution in [1.82, 2.24) is 5.32 Å². The molecule has 0 bridgehead atoms. The third kappa shape index (κ3) is 2.87. The zero-order chi connectivity index (χ0) is 12.0. The molecule has 1 aromatic carbocycles. The molecule has 0 saturated heterocycles. The highest BCUT2D eigenvalue weighted by Crippen LogP contribution is 2.19. The highest BCUT2D eigenvalue weighted by Gasteiger charge is 2.08. The van der Waals surface area contributed by atoms with Gasteiger partial charge >= 0.3 is 0 Å². The van der Waals surface area contributed by atoms with Crippen LogP contribution in [-0.4, -0.2) is 24.7 Å². The Kier molecular flexibility index (Phi) is 4.60. The van der Waals surface area contributed by atoms with E-state index in [1.165, 1.54) is 0 Å². The summed E-state index contributed by atoms with van der Waals surface area (Å²) in [6.45, 7) is 3.72. The molecule has 5 nitrogen and oxygen atoms in total. The number of amidine groups is 1. The van der Waals surface area contributed by atoms with Crippen molar-refractivity contribution in [2.24, 2.45) is 10.9 Å². The molecular weight excluding hydrogens is 206 g/mol. The van der Waals surface area contributed by atoms with Crippen LogP contribution in [0.15, 0.2) is 23.4 Å². The fourth-order valence-corrected chi connectivity index (χ4v) is 1.38. The van der Waals surface area contributed by atoms with Gasteiger partial charge in [-0.2, -0.15) is 0 Å². The average molecular weight is 223 g/mol. The molecule has 0 spiro atoms. The van der Waals surface area contributed by atoms with E-state index in [0.29, 0.717) is 11.3 Å². The Morgan fingerprint density at radius 1 is 1.56 bits per heavy atom. The van der Waals surface area contributed by atoms with E-state index in [4.69, 9.17) is 15.7 Å². The van der Waals surface area contributed by atoms with Crippen molar-refractivity contribution < 1.29 is 9.94 Å². The normalized spacial score (nSPS) is 11.5. The van der Waals surface area contributed by atoms with Gasteiger partial charge in [0.15, 0.2) is 5.84 Å². The molecule has 0 aliphatic carbocycles. The van der Waals surface area contributed by atoms with Gasteiger partial charge in [0, 0.05) is 6.54 Å². The van der Waals surface area contributed by atoms with Gasteiger partial charge in [0.1, 0.15) is 5.75 Å². The Morgan fingerprint density at radius 2 is 2.31 bits per heavy atom. The van der Waals surface area contributed by atoms with Crippen LogP contribution in [0.4, 0.5) is 0 Å². The molecule has 1 rings (SSSR count). The fourth-order valence-electron chi connectivity index (χ4n) is 1.38. The summed E-state index contributed by atoms with van der Waals surface area (Å²) in [6.07, 6.45) is 0. The molecule has 0 saturated carbocycles. The lowest BCUT2D eigenvalue weighted by Crippen LogP contribution is -2.16. The minimum absolute atomic E-state index is 0.0480. The molecule has 5 heteroatoms. The Morgan fingerprint density at radius 3 is 2.88 bits per heavy atom. The van der Waals surface area contributed by atoms with Gasteiger partial charge in [-0.15, -0.1) is 0 Å². The van der Waals surface area contributed by atoms with Gasteiger partial charge < -0.3 is 21.0 Å². The third-order valence-electron chi connectivity index (χ3n) is 2.23. The van der Waals surface area contributed by atoms with Gasteiger partial charge in [0.2, 0.25) is 0 Å². The first kappa shape index (κ1) is 12.3. The molecule has 16 heavy (non-hydrogen) atoms. The van der Waals surface area contributed by atoms with Crippen LogP contribution in [0.25, 0.3) is 0 Å². The number of nitrogens with one attached hydrogen (secondary N) is 1. The summed E-state index contributed by atoms with van der Waals surface area (Å²) < 4.78 is 5.19. The maximum Gasteiger partial charge on any atom is 0.173 e. The molecular formula is C11H17N3O2. The van der Waals surface area contributed by atoms with Crippen molar-refractivity contribution in [2.75, 3.05) is 13.7 Å². The zero-order valence-electron chi connectivity index (χ0n) is 9.53. The highest BCUT2D eigenvalue weighted by molar-refractivity contribution is 5.99. The van der Waals surface area contributed by atoms with Crippen LogP contribution < -0.4 is 15.8 Å². The van der Waals surface area contributed by atoms with Crippen molar-refractivity contribution in [3.8, 4) is 5.75 Å². The first-order valence-electron chi connectivity index (χ1n) is 5.08. The van der Waals surface area contributed by atoms with E-state index in [9.17, 15) is 0 Å². The smallest absolute Gasteiger partial charge is 0.173 e. The quantitative estimate of drug-likeness (QED) is 0.300. The molecule has 0 atom stereocenters. The first-order valence-corrected chi connectivity index (χ1v) is 5.08. The minimum atomic E-state index is 0.0480. The van der Waals surface area contributed by atoms with E-state index in [1.807, 2.05) is 19.1 Å². The van der Waals surface area contributed by atoms with Gasteiger partial charge in [-0.05, 0) is 24.2 Å². The maximum atomic E-state index is 8.61. The first-order chi connectivity index (χ1) is 7.72. The van der Waals surface area contributed by atoms with Crippen LogP contribution in [0.3, 0.4) is 0 Å². The van der Waals surface area contributed by atoms with Crippen molar-refractivity contribution in [3.63, 3.8) is 0 Å². The standard InChI is InChI=1S/C11H17N3O2/c1-3-13-7-8-4-5-9(11(12)14-15)10(6-8)16-2/h4-6,13,15H,3,7H2,1-2H3,(H2,12,14). The summed E-state index contributed by atoms with van der Waals surface area (Å²) in [4.78, 5) is 0. The second kappa shape index (κ2) is 5.97. The Balaban J connectivity index is 2.97. The number of benzene rings is 1. The van der Waals surface area contributed by atoms with E-state index in [2.05, 4.69) is 10.5 Å². The van der Waals surface area contributed by atoms with Gasteiger partial charge in [0.25, 0.3) is 0 Å². The van der Waals surface area contributed by atoms with E-state index < -0.39 is 0 Å². The molecule has 0 unspecified atom stereocenters. The summed E-state index contributed by atoms with van der Waals surface area (Å²) in [5.74, 6) is 0.651. The van der Waals surface area contributed by atoms with Crippen molar-refractivity contribution in [3.05, 3.63) is 29.3 Å². The fraction of sp³-hybridized carbons (Fsp3) is 0.364. The van der Waals surface area contributed by atoms with Crippen LogP contribution in [-0.2, 0) is 6.54 Å². The summed E-state index contributed by atoms with van der Waals surface area (Å²) >= 11 is 0. The summed E-state index contributed by atoms with van der Waals surface area (Å²) in [6, 6.07) is 5.56. The van der Waals surface area contributed by atoms with Gasteiger partial charge in [-0.1, -0.05) is 18.1 Å². The van der Waals surface area contributed by atoms with Crippen LogP contribution in [0.2, 0.25) is 0 Å². The number of rotatable bonds is 5. The van der Waals surface area contributed by atoms with Crippen molar-refractivity contribution in [2.45, 2.75) is 13.5 Å². The van der Waals surface area contributed by atoms with E-state index in [1.54, 1.807) is 13.2 Å². The molecule has 1 aromatic rings. The number of ether oxygens (including phenoxy) is 1. The number of hydrogen-bond acceptors (Lipinski definition) is 4. The summed E-state index contributed by atoms with van der Waals surface area (Å²) in [7, 11) is 1.56. The minimum Gasteiger partial charge on any atom is -0.496 e. The largest absolute Gasteiger partial charge is 0.496 e. The number of oxime groups is 1. The molecule has 0 radical (unpaired) electrons. The average Bonchev–Trinajstić information content (AvgIpc) is 2.34. The molecule has 88 valence electrons. The molecule has 0 fully saturated rings. The maximum absolute atomic E-state index is 8.61. The van der Waals surface area contributed by atoms with E-state index in [-0.39, 0.29) is 5.84 Å². The van der Waals surface area contributed by atoms with Crippen LogP contribution in [0, 0.1) is 0 Å². The molecule has 4 N–H and O–H groups in total. The molecule has 0 aliphatic rings. The van der Waals surface area contributed by atoms with Crippen LogP contribution in [0.5, 0.6) is 5.75 Å². The van der Waals surface area contributed by atoms with Gasteiger partial charge in [-0.3, -0.25) is 0 Å². The van der Waals surface area contributed by atoms with Crippen molar-refractivity contribution >= 4 is 5.84 Å². The number of nitrogens with zero attached hydrogens (tertiary/aromatic N) is 1. The second-order valence-electron chi connectivity index (χ2n) is 3.30. The van der Waals surface area contributed by atoms with Crippen molar-refractivity contribution in [1.29, 1.82) is 0 Å². The molecule has 0 aliphatic heterocycles. The predicted octanol–water partition coefficient (Wildman–Crippen LogP) is 0.899. The van der Waals surface area contributed by atoms with E-state index in [0.717, 1.165) is 18.7 Å².